The molecule has 100 valence electrons. The van der Waals surface area contributed by atoms with Crippen molar-refractivity contribution in [3.63, 3.8) is 0 Å². The second-order valence-corrected chi connectivity index (χ2v) is 5.10. The van der Waals surface area contributed by atoms with Crippen LogP contribution < -0.4 is 0 Å². The van der Waals surface area contributed by atoms with E-state index in [1.807, 2.05) is 18.2 Å². The molecule has 0 radical (unpaired) electrons. The van der Waals surface area contributed by atoms with Crippen LogP contribution in [0, 0.1) is 0 Å². The highest BCUT2D eigenvalue weighted by Gasteiger charge is 2.34. The number of aryl methyl sites for hydroxylation is 1. The van der Waals surface area contributed by atoms with Gasteiger partial charge in [-0.3, -0.25) is 0 Å². The number of aliphatic hydroxyl groups is 2. The van der Waals surface area contributed by atoms with E-state index in [1.165, 1.54) is 5.56 Å². The van der Waals surface area contributed by atoms with E-state index in [0.717, 1.165) is 25.7 Å². The van der Waals surface area contributed by atoms with Crippen LogP contribution in [-0.4, -0.2) is 28.7 Å². The zero-order valence-corrected chi connectivity index (χ0v) is 10.7. The Morgan fingerprint density at radius 2 is 1.83 bits per heavy atom. The van der Waals surface area contributed by atoms with Crippen molar-refractivity contribution in [3.8, 4) is 0 Å². The van der Waals surface area contributed by atoms with Crippen molar-refractivity contribution in [2.75, 3.05) is 6.61 Å². The molecule has 1 saturated carbocycles. The molecule has 18 heavy (non-hydrogen) atoms. The van der Waals surface area contributed by atoms with Crippen LogP contribution in [0.5, 0.6) is 0 Å². The molecule has 1 aliphatic carbocycles. The maximum Gasteiger partial charge on any atom is 0.165 e. The Hall–Kier alpha value is -0.900. The minimum absolute atomic E-state index is 0.0326. The maximum atomic E-state index is 10.2. The van der Waals surface area contributed by atoms with E-state index >= 15 is 0 Å². The van der Waals surface area contributed by atoms with Crippen molar-refractivity contribution in [2.24, 2.45) is 0 Å². The summed E-state index contributed by atoms with van der Waals surface area (Å²) in [6, 6.07) is 10.1. The molecule has 1 aromatic rings. The molecule has 1 aliphatic rings. The minimum Gasteiger partial charge on any atom is -0.394 e. The van der Waals surface area contributed by atoms with Gasteiger partial charge in [0.15, 0.2) is 5.79 Å². The van der Waals surface area contributed by atoms with Crippen LogP contribution in [0.4, 0.5) is 0 Å². The molecule has 1 unspecified atom stereocenters. The molecule has 0 heterocycles. The fourth-order valence-electron chi connectivity index (χ4n) is 2.52. The molecule has 0 bridgehead atoms. The van der Waals surface area contributed by atoms with Gasteiger partial charge >= 0.3 is 0 Å². The molecule has 1 fully saturated rings. The smallest absolute Gasteiger partial charge is 0.165 e. The summed E-state index contributed by atoms with van der Waals surface area (Å²) in [6.45, 7) is -0.0326. The predicted octanol–water partition coefficient (Wildman–Crippen LogP) is 2.26. The lowest BCUT2D eigenvalue weighted by atomic mass is 10.1. The Balaban J connectivity index is 1.82. The molecule has 3 heteroatoms. The Morgan fingerprint density at radius 1 is 1.17 bits per heavy atom. The fraction of sp³-hybridized carbons (Fsp3) is 0.600. The van der Waals surface area contributed by atoms with Gasteiger partial charge < -0.3 is 14.9 Å². The van der Waals surface area contributed by atoms with Gasteiger partial charge in [0.2, 0.25) is 0 Å². The maximum absolute atomic E-state index is 10.2. The molecule has 1 aromatic carbocycles. The highest BCUT2D eigenvalue weighted by atomic mass is 16.6. The zero-order chi connectivity index (χ0) is 12.8. The summed E-state index contributed by atoms with van der Waals surface area (Å²) in [5.41, 5.74) is 1.23. The van der Waals surface area contributed by atoms with Gasteiger partial charge in [0.25, 0.3) is 0 Å². The predicted molar refractivity (Wildman–Crippen MR) is 70.1 cm³/mol. The van der Waals surface area contributed by atoms with Crippen LogP contribution in [0.15, 0.2) is 30.3 Å². The molecular formula is C15H22O3. The number of hydrogen-bond acceptors (Lipinski definition) is 3. The van der Waals surface area contributed by atoms with Crippen LogP contribution in [0.2, 0.25) is 0 Å². The lowest BCUT2D eigenvalue weighted by Gasteiger charge is -2.28. The highest BCUT2D eigenvalue weighted by Crippen LogP contribution is 2.32. The van der Waals surface area contributed by atoms with Crippen LogP contribution in [-0.2, 0) is 11.2 Å². The standard InChI is InChI=1S/C15H22O3/c16-12-14(18-15(17)10-4-5-11-15)9-8-13-6-2-1-3-7-13/h1-3,6-7,14,16-17H,4-5,8-12H2. The molecule has 1 atom stereocenters. The number of benzene rings is 1. The average Bonchev–Trinajstić information content (AvgIpc) is 2.82. The second-order valence-electron chi connectivity index (χ2n) is 5.10. The summed E-state index contributed by atoms with van der Waals surface area (Å²) < 4.78 is 5.68. The quantitative estimate of drug-likeness (QED) is 0.761. The number of hydrogen-bond donors (Lipinski definition) is 2. The van der Waals surface area contributed by atoms with E-state index in [2.05, 4.69) is 12.1 Å². The molecule has 2 rings (SSSR count). The molecule has 0 saturated heterocycles. The van der Waals surface area contributed by atoms with E-state index in [0.29, 0.717) is 12.8 Å². The zero-order valence-electron chi connectivity index (χ0n) is 10.7. The van der Waals surface area contributed by atoms with Crippen molar-refractivity contribution in [1.29, 1.82) is 0 Å². The Bertz CT molecular complexity index is 344. The van der Waals surface area contributed by atoms with E-state index in [-0.39, 0.29) is 12.7 Å². The lowest BCUT2D eigenvalue weighted by Crippen LogP contribution is -2.35. The molecule has 0 amide bonds. The van der Waals surface area contributed by atoms with Crippen molar-refractivity contribution >= 4 is 0 Å². The van der Waals surface area contributed by atoms with Gasteiger partial charge in [0, 0.05) is 12.8 Å². The second kappa shape index (κ2) is 6.32. The monoisotopic (exact) mass is 250 g/mol. The van der Waals surface area contributed by atoms with Gasteiger partial charge in [-0.05, 0) is 31.2 Å². The topological polar surface area (TPSA) is 49.7 Å². The first-order valence-corrected chi connectivity index (χ1v) is 6.77. The third-order valence-electron chi connectivity index (χ3n) is 3.57. The highest BCUT2D eigenvalue weighted by molar-refractivity contribution is 5.14. The summed E-state index contributed by atoms with van der Waals surface area (Å²) in [7, 11) is 0. The average molecular weight is 250 g/mol. The van der Waals surface area contributed by atoms with Gasteiger partial charge in [-0.25, -0.2) is 0 Å². The fourth-order valence-corrected chi connectivity index (χ4v) is 2.52. The van der Waals surface area contributed by atoms with Crippen LogP contribution in [0.3, 0.4) is 0 Å². The normalized spacial score (nSPS) is 19.9. The molecule has 0 aromatic heterocycles. The Kier molecular flexibility index (Phi) is 4.75. The molecule has 3 nitrogen and oxygen atoms in total. The van der Waals surface area contributed by atoms with Gasteiger partial charge in [0.05, 0.1) is 12.7 Å². The molecule has 2 N–H and O–H groups in total. The number of rotatable bonds is 6. The van der Waals surface area contributed by atoms with E-state index in [1.54, 1.807) is 0 Å². The summed E-state index contributed by atoms with van der Waals surface area (Å²) in [5.74, 6) is -0.996. The van der Waals surface area contributed by atoms with E-state index in [4.69, 9.17) is 4.74 Å². The first-order chi connectivity index (χ1) is 8.72. The Morgan fingerprint density at radius 3 is 2.44 bits per heavy atom. The van der Waals surface area contributed by atoms with Gasteiger partial charge in [0.1, 0.15) is 0 Å². The minimum atomic E-state index is -0.996. The number of aliphatic hydroxyl groups excluding tert-OH is 1. The number of ether oxygens (including phenoxy) is 1. The van der Waals surface area contributed by atoms with Crippen LogP contribution >= 0.6 is 0 Å². The van der Waals surface area contributed by atoms with Crippen molar-refractivity contribution in [2.45, 2.75) is 50.4 Å². The summed E-state index contributed by atoms with van der Waals surface area (Å²) in [6.07, 6.45) is 4.73. The SMILES string of the molecule is OCC(CCc1ccccc1)OC1(O)CCCC1. The first-order valence-electron chi connectivity index (χ1n) is 6.77. The van der Waals surface area contributed by atoms with Gasteiger partial charge in [-0.2, -0.15) is 0 Å². The largest absolute Gasteiger partial charge is 0.394 e. The summed E-state index contributed by atoms with van der Waals surface area (Å²) in [5, 5.41) is 19.5. The summed E-state index contributed by atoms with van der Waals surface area (Å²) in [4.78, 5) is 0. The lowest BCUT2D eigenvalue weighted by molar-refractivity contribution is -0.231. The van der Waals surface area contributed by atoms with Crippen molar-refractivity contribution < 1.29 is 14.9 Å². The molecule has 0 aliphatic heterocycles. The van der Waals surface area contributed by atoms with E-state index < -0.39 is 5.79 Å². The Labute approximate surface area is 108 Å². The van der Waals surface area contributed by atoms with Crippen molar-refractivity contribution in [3.05, 3.63) is 35.9 Å². The molecular weight excluding hydrogens is 228 g/mol. The summed E-state index contributed by atoms with van der Waals surface area (Å²) >= 11 is 0. The third-order valence-corrected chi connectivity index (χ3v) is 3.57. The first kappa shape index (κ1) is 13.5. The molecule has 0 spiro atoms. The van der Waals surface area contributed by atoms with Gasteiger partial charge in [-0.1, -0.05) is 30.3 Å². The van der Waals surface area contributed by atoms with Crippen LogP contribution in [0.25, 0.3) is 0 Å². The van der Waals surface area contributed by atoms with Crippen molar-refractivity contribution in [1.82, 2.24) is 0 Å². The van der Waals surface area contributed by atoms with Crippen LogP contribution in [0.1, 0.15) is 37.7 Å². The van der Waals surface area contributed by atoms with Gasteiger partial charge in [-0.15, -0.1) is 0 Å². The van der Waals surface area contributed by atoms with E-state index in [9.17, 15) is 10.2 Å². The third kappa shape index (κ3) is 3.80.